The van der Waals surface area contributed by atoms with E-state index >= 15 is 0 Å². The fourth-order valence-electron chi connectivity index (χ4n) is 3.06. The monoisotopic (exact) mass is 344 g/mol. The zero-order valence-electron chi connectivity index (χ0n) is 14.7. The van der Waals surface area contributed by atoms with E-state index in [9.17, 15) is 9.59 Å². The molecule has 25 heavy (non-hydrogen) atoms. The quantitative estimate of drug-likeness (QED) is 0.870. The van der Waals surface area contributed by atoms with Crippen molar-refractivity contribution in [1.82, 2.24) is 24.6 Å². The van der Waals surface area contributed by atoms with Gasteiger partial charge in [0.2, 0.25) is 0 Å². The van der Waals surface area contributed by atoms with Crippen LogP contribution in [0.1, 0.15) is 37.0 Å². The largest absolute Gasteiger partial charge is 0.352 e. The van der Waals surface area contributed by atoms with Gasteiger partial charge in [0.05, 0.1) is 11.8 Å². The van der Waals surface area contributed by atoms with E-state index in [0.29, 0.717) is 31.0 Å². The first-order valence-corrected chi connectivity index (χ1v) is 8.76. The van der Waals surface area contributed by atoms with Gasteiger partial charge in [-0.2, -0.15) is 5.10 Å². The van der Waals surface area contributed by atoms with Crippen molar-refractivity contribution in [1.29, 1.82) is 0 Å². The van der Waals surface area contributed by atoms with Gasteiger partial charge in [-0.3, -0.25) is 14.3 Å². The lowest BCUT2D eigenvalue weighted by Crippen LogP contribution is -2.46. The minimum atomic E-state index is -0.0932. The smallest absolute Gasteiger partial charge is 0.293 e. The molecule has 134 valence electrons. The average Bonchev–Trinajstić information content (AvgIpc) is 3.12. The number of hydrogen-bond donors (Lipinski definition) is 1. The SMILES string of the molecule is CCn1cc(C(=O)NC2CCN(c3nccn(CC)c3=O)CC2)cn1. The zero-order chi connectivity index (χ0) is 17.8. The van der Waals surface area contributed by atoms with Crippen LogP contribution in [0.4, 0.5) is 5.82 Å². The number of nitrogens with one attached hydrogen (secondary N) is 1. The molecule has 0 unspecified atom stereocenters. The topological polar surface area (TPSA) is 85.0 Å². The summed E-state index contributed by atoms with van der Waals surface area (Å²) in [5, 5.41) is 7.19. The van der Waals surface area contributed by atoms with Gasteiger partial charge in [0, 0.05) is 50.8 Å². The van der Waals surface area contributed by atoms with E-state index in [-0.39, 0.29) is 17.5 Å². The van der Waals surface area contributed by atoms with E-state index < -0.39 is 0 Å². The molecule has 3 heterocycles. The minimum absolute atomic E-state index is 0.0561. The first kappa shape index (κ1) is 17.2. The van der Waals surface area contributed by atoms with Crippen molar-refractivity contribution in [2.75, 3.05) is 18.0 Å². The second kappa shape index (κ2) is 7.50. The van der Waals surface area contributed by atoms with Crippen LogP contribution in [0, 0.1) is 0 Å². The standard InChI is InChI=1S/C17H24N6O2/c1-3-21-10-7-18-15(17(21)25)22-8-5-14(6-9-22)20-16(24)13-11-19-23(4-2)12-13/h7,10-12,14H,3-6,8-9H2,1-2H3,(H,20,24). The van der Waals surface area contributed by atoms with Crippen LogP contribution in [0.5, 0.6) is 0 Å². The molecule has 0 saturated carbocycles. The van der Waals surface area contributed by atoms with Gasteiger partial charge < -0.3 is 14.8 Å². The van der Waals surface area contributed by atoms with Crippen LogP contribution in [0.3, 0.4) is 0 Å². The van der Waals surface area contributed by atoms with Crippen LogP contribution < -0.4 is 15.8 Å². The molecular formula is C17H24N6O2. The maximum atomic E-state index is 12.4. The molecule has 1 amide bonds. The van der Waals surface area contributed by atoms with Crippen LogP contribution in [0.25, 0.3) is 0 Å². The highest BCUT2D eigenvalue weighted by atomic mass is 16.2. The molecule has 1 aliphatic rings. The van der Waals surface area contributed by atoms with E-state index in [0.717, 1.165) is 19.4 Å². The molecule has 0 atom stereocenters. The van der Waals surface area contributed by atoms with Crippen molar-refractivity contribution in [3.63, 3.8) is 0 Å². The van der Waals surface area contributed by atoms with Crippen molar-refractivity contribution >= 4 is 11.7 Å². The number of aryl methyl sites for hydroxylation is 2. The molecule has 3 rings (SSSR count). The number of aromatic nitrogens is 4. The third-order valence-corrected chi connectivity index (χ3v) is 4.59. The molecule has 8 heteroatoms. The number of nitrogens with zero attached hydrogens (tertiary/aromatic N) is 5. The summed E-state index contributed by atoms with van der Waals surface area (Å²) in [7, 11) is 0. The number of carbonyl (C=O) groups excluding carboxylic acids is 1. The molecule has 0 spiro atoms. The maximum Gasteiger partial charge on any atom is 0.293 e. The van der Waals surface area contributed by atoms with Crippen molar-refractivity contribution in [2.45, 2.75) is 45.8 Å². The lowest BCUT2D eigenvalue weighted by atomic mass is 10.0. The molecule has 0 aliphatic carbocycles. The Morgan fingerprint density at radius 3 is 2.68 bits per heavy atom. The van der Waals surface area contributed by atoms with Gasteiger partial charge in [-0.1, -0.05) is 0 Å². The number of carbonyl (C=O) groups is 1. The van der Waals surface area contributed by atoms with Crippen LogP contribution >= 0.6 is 0 Å². The van der Waals surface area contributed by atoms with Gasteiger partial charge in [-0.25, -0.2) is 4.98 Å². The van der Waals surface area contributed by atoms with Crippen molar-refractivity contribution < 1.29 is 4.79 Å². The molecule has 0 bridgehead atoms. The summed E-state index contributed by atoms with van der Waals surface area (Å²) in [5.41, 5.74) is 0.527. The minimum Gasteiger partial charge on any atom is -0.352 e. The normalized spacial score (nSPS) is 15.4. The molecule has 0 radical (unpaired) electrons. The van der Waals surface area contributed by atoms with E-state index in [1.54, 1.807) is 34.0 Å². The van der Waals surface area contributed by atoms with E-state index in [1.165, 1.54) is 0 Å². The van der Waals surface area contributed by atoms with Gasteiger partial charge in [0.1, 0.15) is 0 Å². The highest BCUT2D eigenvalue weighted by molar-refractivity contribution is 5.93. The second-order valence-corrected chi connectivity index (χ2v) is 6.16. The Kier molecular flexibility index (Phi) is 5.16. The number of anilines is 1. The Bertz CT molecular complexity index is 788. The first-order chi connectivity index (χ1) is 12.1. The van der Waals surface area contributed by atoms with Crippen LogP contribution in [-0.2, 0) is 13.1 Å². The Morgan fingerprint density at radius 2 is 2.04 bits per heavy atom. The Balaban J connectivity index is 1.59. The summed E-state index contributed by atoms with van der Waals surface area (Å²) in [5.74, 6) is 0.405. The average molecular weight is 344 g/mol. The predicted octanol–water partition coefficient (Wildman–Crippen LogP) is 0.878. The van der Waals surface area contributed by atoms with Gasteiger partial charge in [0.15, 0.2) is 5.82 Å². The molecule has 1 fully saturated rings. The second-order valence-electron chi connectivity index (χ2n) is 6.16. The summed E-state index contributed by atoms with van der Waals surface area (Å²) < 4.78 is 3.39. The predicted molar refractivity (Wildman–Crippen MR) is 94.8 cm³/mol. The number of rotatable bonds is 5. The Morgan fingerprint density at radius 1 is 1.28 bits per heavy atom. The number of piperidine rings is 1. The van der Waals surface area contributed by atoms with Crippen LogP contribution in [0.2, 0.25) is 0 Å². The zero-order valence-corrected chi connectivity index (χ0v) is 14.7. The van der Waals surface area contributed by atoms with E-state index in [2.05, 4.69) is 15.4 Å². The van der Waals surface area contributed by atoms with Gasteiger partial charge in [-0.05, 0) is 26.7 Å². The van der Waals surface area contributed by atoms with Crippen molar-refractivity contribution in [3.05, 3.63) is 40.7 Å². The van der Waals surface area contributed by atoms with E-state index in [4.69, 9.17) is 0 Å². The number of amides is 1. The van der Waals surface area contributed by atoms with Crippen molar-refractivity contribution in [3.8, 4) is 0 Å². The molecule has 2 aromatic heterocycles. The fraction of sp³-hybridized carbons (Fsp3) is 0.529. The highest BCUT2D eigenvalue weighted by Crippen LogP contribution is 2.15. The highest BCUT2D eigenvalue weighted by Gasteiger charge is 2.24. The maximum absolute atomic E-state index is 12.4. The third kappa shape index (κ3) is 3.72. The Hall–Kier alpha value is -2.64. The molecule has 0 aromatic carbocycles. The molecule has 1 N–H and O–H groups in total. The van der Waals surface area contributed by atoms with E-state index in [1.807, 2.05) is 18.7 Å². The van der Waals surface area contributed by atoms with Gasteiger partial charge in [-0.15, -0.1) is 0 Å². The van der Waals surface area contributed by atoms with Gasteiger partial charge >= 0.3 is 0 Å². The summed E-state index contributed by atoms with van der Waals surface area (Å²) >= 11 is 0. The lowest BCUT2D eigenvalue weighted by Gasteiger charge is -2.32. The third-order valence-electron chi connectivity index (χ3n) is 4.59. The summed E-state index contributed by atoms with van der Waals surface area (Å²) in [6, 6.07) is 0.103. The molecular weight excluding hydrogens is 320 g/mol. The lowest BCUT2D eigenvalue weighted by molar-refractivity contribution is 0.0931. The summed E-state index contributed by atoms with van der Waals surface area (Å²) in [6.07, 6.45) is 8.29. The van der Waals surface area contributed by atoms with Gasteiger partial charge in [0.25, 0.3) is 11.5 Å². The van der Waals surface area contributed by atoms with Crippen LogP contribution in [0.15, 0.2) is 29.6 Å². The fourth-order valence-corrected chi connectivity index (χ4v) is 3.06. The molecule has 2 aromatic rings. The van der Waals surface area contributed by atoms with Crippen molar-refractivity contribution in [2.24, 2.45) is 0 Å². The van der Waals surface area contributed by atoms with Crippen LogP contribution in [-0.4, -0.2) is 44.4 Å². The Labute approximate surface area is 146 Å². The molecule has 1 aliphatic heterocycles. The summed E-state index contributed by atoms with van der Waals surface area (Å²) in [6.45, 7) is 6.70. The molecule has 8 nitrogen and oxygen atoms in total. The molecule has 1 saturated heterocycles. The number of hydrogen-bond acceptors (Lipinski definition) is 5. The first-order valence-electron chi connectivity index (χ1n) is 8.76. The summed E-state index contributed by atoms with van der Waals surface area (Å²) in [4.78, 5) is 30.9.